The van der Waals surface area contributed by atoms with Crippen LogP contribution in [0.25, 0.3) is 0 Å². The Labute approximate surface area is 74.7 Å². The van der Waals surface area contributed by atoms with Crippen molar-refractivity contribution in [2.24, 2.45) is 0 Å². The van der Waals surface area contributed by atoms with Gasteiger partial charge < -0.3 is 14.6 Å². The van der Waals surface area contributed by atoms with Gasteiger partial charge in [-0.2, -0.15) is 0 Å². The highest BCUT2D eigenvalue weighted by atomic mass is 16.7. The molecule has 0 atom stereocenters. The molecular weight excluding hydrogens is 156 g/mol. The molecule has 0 saturated heterocycles. The minimum atomic E-state index is -0.269. The molecule has 0 fully saturated rings. The Balaban J connectivity index is 3.69. The van der Waals surface area contributed by atoms with Crippen molar-refractivity contribution in [3.63, 3.8) is 0 Å². The molecule has 3 nitrogen and oxygen atoms in total. The second-order valence-corrected chi connectivity index (χ2v) is 3.31. The monoisotopic (exact) mass is 176 g/mol. The molecule has 74 valence electrons. The molecule has 0 aliphatic heterocycles. The van der Waals surface area contributed by atoms with Gasteiger partial charge in [0.25, 0.3) is 0 Å². The van der Waals surface area contributed by atoms with Crippen molar-refractivity contribution in [1.82, 2.24) is 0 Å². The van der Waals surface area contributed by atoms with Gasteiger partial charge in [0.15, 0.2) is 6.29 Å². The van der Waals surface area contributed by atoms with Crippen molar-refractivity contribution in [2.45, 2.75) is 52.6 Å². The largest absolute Gasteiger partial charge is 0.396 e. The zero-order valence-corrected chi connectivity index (χ0v) is 8.41. The van der Waals surface area contributed by atoms with Crippen LogP contribution in [0.5, 0.6) is 0 Å². The van der Waals surface area contributed by atoms with Gasteiger partial charge in [-0.25, -0.2) is 0 Å². The van der Waals surface area contributed by atoms with Gasteiger partial charge in [-0.3, -0.25) is 0 Å². The van der Waals surface area contributed by atoms with Gasteiger partial charge in [0.2, 0.25) is 0 Å². The fourth-order valence-corrected chi connectivity index (χ4v) is 0.881. The fraction of sp³-hybridized carbons (Fsp3) is 1.00. The quantitative estimate of drug-likeness (QED) is 0.624. The Kier molecular flexibility index (Phi) is 6.34. The van der Waals surface area contributed by atoms with Crippen molar-refractivity contribution in [3.05, 3.63) is 0 Å². The third kappa shape index (κ3) is 6.58. The van der Waals surface area contributed by atoms with E-state index in [1.165, 1.54) is 0 Å². The van der Waals surface area contributed by atoms with Crippen LogP contribution < -0.4 is 0 Å². The summed E-state index contributed by atoms with van der Waals surface area (Å²) in [5.74, 6) is 0. The lowest BCUT2D eigenvalue weighted by molar-refractivity contribution is -0.186. The maximum atomic E-state index is 8.70. The molecule has 0 saturated carbocycles. The van der Waals surface area contributed by atoms with E-state index in [0.29, 0.717) is 6.42 Å². The van der Waals surface area contributed by atoms with Gasteiger partial charge >= 0.3 is 0 Å². The van der Waals surface area contributed by atoms with Crippen LogP contribution in [0.3, 0.4) is 0 Å². The van der Waals surface area contributed by atoms with E-state index in [0.717, 1.165) is 0 Å². The first-order valence-electron chi connectivity index (χ1n) is 4.48. The minimum absolute atomic E-state index is 0.101. The van der Waals surface area contributed by atoms with Crippen molar-refractivity contribution >= 4 is 0 Å². The van der Waals surface area contributed by atoms with Gasteiger partial charge in [0.1, 0.15) is 0 Å². The number of aliphatic hydroxyl groups is 1. The van der Waals surface area contributed by atoms with E-state index < -0.39 is 0 Å². The predicted molar refractivity (Wildman–Crippen MR) is 47.9 cm³/mol. The van der Waals surface area contributed by atoms with Gasteiger partial charge in [-0.1, -0.05) is 0 Å². The molecule has 0 rings (SSSR count). The van der Waals surface area contributed by atoms with Crippen LogP contribution in [0, 0.1) is 0 Å². The maximum Gasteiger partial charge on any atom is 0.160 e. The summed E-state index contributed by atoms with van der Waals surface area (Å²) in [5.41, 5.74) is 0. The summed E-state index contributed by atoms with van der Waals surface area (Å²) in [5, 5.41) is 8.70. The third-order valence-corrected chi connectivity index (χ3v) is 1.21. The highest BCUT2D eigenvalue weighted by Crippen LogP contribution is 2.06. The molecule has 0 aliphatic carbocycles. The molecule has 0 bridgehead atoms. The average molecular weight is 176 g/mol. The minimum Gasteiger partial charge on any atom is -0.396 e. The Bertz CT molecular complexity index is 91.9. The first-order valence-corrected chi connectivity index (χ1v) is 4.48. The maximum absolute atomic E-state index is 8.70. The highest BCUT2D eigenvalue weighted by molar-refractivity contribution is 4.49. The van der Waals surface area contributed by atoms with E-state index in [-0.39, 0.29) is 25.1 Å². The summed E-state index contributed by atoms with van der Waals surface area (Å²) < 4.78 is 10.8. The van der Waals surface area contributed by atoms with Crippen molar-refractivity contribution in [1.29, 1.82) is 0 Å². The van der Waals surface area contributed by atoms with Crippen LogP contribution in [0.1, 0.15) is 34.1 Å². The van der Waals surface area contributed by atoms with Gasteiger partial charge in [0, 0.05) is 13.0 Å². The highest BCUT2D eigenvalue weighted by Gasteiger charge is 2.12. The van der Waals surface area contributed by atoms with E-state index in [2.05, 4.69) is 0 Å². The van der Waals surface area contributed by atoms with Crippen molar-refractivity contribution in [3.8, 4) is 0 Å². The normalized spacial score (nSPS) is 12.0. The summed E-state index contributed by atoms with van der Waals surface area (Å²) in [6.45, 7) is 7.91. The lowest BCUT2D eigenvalue weighted by Crippen LogP contribution is -2.25. The molecule has 0 radical (unpaired) electrons. The molecule has 0 unspecified atom stereocenters. The molecule has 12 heavy (non-hydrogen) atoms. The second kappa shape index (κ2) is 6.40. The van der Waals surface area contributed by atoms with Crippen LogP contribution in [0.15, 0.2) is 0 Å². The number of rotatable bonds is 6. The molecule has 0 aromatic rings. The Morgan fingerprint density at radius 2 is 1.42 bits per heavy atom. The summed E-state index contributed by atoms with van der Waals surface area (Å²) in [4.78, 5) is 0. The summed E-state index contributed by atoms with van der Waals surface area (Å²) in [6, 6.07) is 0. The molecule has 0 aromatic carbocycles. The first-order chi connectivity index (χ1) is 5.56. The molecule has 0 heterocycles. The van der Waals surface area contributed by atoms with Gasteiger partial charge in [-0.15, -0.1) is 0 Å². The summed E-state index contributed by atoms with van der Waals surface area (Å²) in [6.07, 6.45) is 0.548. The third-order valence-electron chi connectivity index (χ3n) is 1.21. The van der Waals surface area contributed by atoms with Crippen LogP contribution in [0.4, 0.5) is 0 Å². The SMILES string of the molecule is CC(C)OC(CCO)OC(C)C. The molecule has 0 aromatic heterocycles. The zero-order valence-electron chi connectivity index (χ0n) is 8.41. The van der Waals surface area contributed by atoms with E-state index in [4.69, 9.17) is 14.6 Å². The van der Waals surface area contributed by atoms with Crippen LogP contribution in [0.2, 0.25) is 0 Å². The first kappa shape index (κ1) is 11.9. The van der Waals surface area contributed by atoms with E-state index in [9.17, 15) is 0 Å². The number of hydrogen-bond acceptors (Lipinski definition) is 3. The Morgan fingerprint density at radius 3 is 1.67 bits per heavy atom. The van der Waals surface area contributed by atoms with Crippen LogP contribution in [-0.4, -0.2) is 30.2 Å². The lowest BCUT2D eigenvalue weighted by Gasteiger charge is -2.22. The van der Waals surface area contributed by atoms with Crippen molar-refractivity contribution in [2.75, 3.05) is 6.61 Å². The molecule has 0 aliphatic rings. The standard InChI is InChI=1S/C9H20O3/c1-7(2)11-9(5-6-10)12-8(3)4/h7-10H,5-6H2,1-4H3. The number of aliphatic hydroxyl groups excluding tert-OH is 1. The average Bonchev–Trinajstić information content (AvgIpc) is 1.84. The van der Waals surface area contributed by atoms with E-state index >= 15 is 0 Å². The van der Waals surface area contributed by atoms with Crippen LogP contribution >= 0.6 is 0 Å². The van der Waals surface area contributed by atoms with Gasteiger partial charge in [-0.05, 0) is 27.7 Å². The predicted octanol–water partition coefficient (Wildman–Crippen LogP) is 1.54. The fourth-order valence-electron chi connectivity index (χ4n) is 0.881. The van der Waals surface area contributed by atoms with Crippen molar-refractivity contribution < 1.29 is 14.6 Å². The molecule has 0 amide bonds. The van der Waals surface area contributed by atoms with Crippen LogP contribution in [-0.2, 0) is 9.47 Å². The summed E-state index contributed by atoms with van der Waals surface area (Å²) in [7, 11) is 0. The lowest BCUT2D eigenvalue weighted by atomic mass is 10.4. The van der Waals surface area contributed by atoms with Gasteiger partial charge in [0.05, 0.1) is 12.2 Å². The smallest absolute Gasteiger partial charge is 0.160 e. The summed E-state index contributed by atoms with van der Waals surface area (Å²) >= 11 is 0. The topological polar surface area (TPSA) is 38.7 Å². The second-order valence-electron chi connectivity index (χ2n) is 3.31. The van der Waals surface area contributed by atoms with E-state index in [1.54, 1.807) is 0 Å². The zero-order chi connectivity index (χ0) is 9.56. The molecule has 3 heteroatoms. The van der Waals surface area contributed by atoms with E-state index in [1.807, 2.05) is 27.7 Å². The Hall–Kier alpha value is -0.120. The molecular formula is C9H20O3. The number of hydrogen-bond donors (Lipinski definition) is 1. The molecule has 1 N–H and O–H groups in total. The Morgan fingerprint density at radius 1 is 1.00 bits per heavy atom. The number of ether oxygens (including phenoxy) is 2. The molecule has 0 spiro atoms.